The molecule has 2 N–H and O–H groups in total. The lowest BCUT2D eigenvalue weighted by molar-refractivity contribution is 0.0549. The maximum atomic E-state index is 5.77. The third-order valence-electron chi connectivity index (χ3n) is 3.66. The van der Waals surface area contributed by atoms with Crippen molar-refractivity contribution in [3.8, 4) is 0 Å². The van der Waals surface area contributed by atoms with Gasteiger partial charge in [0, 0.05) is 43.6 Å². The van der Waals surface area contributed by atoms with E-state index in [0.717, 1.165) is 31.0 Å². The molecule has 0 saturated carbocycles. The molecule has 1 fully saturated rings. The summed E-state index contributed by atoms with van der Waals surface area (Å²) in [6.45, 7) is 7.63. The van der Waals surface area contributed by atoms with Crippen molar-refractivity contribution in [2.45, 2.75) is 32.5 Å². The van der Waals surface area contributed by atoms with Gasteiger partial charge in [-0.2, -0.15) is 0 Å². The average Bonchev–Trinajstić information content (AvgIpc) is 2.26. The van der Waals surface area contributed by atoms with Crippen molar-refractivity contribution in [3.05, 3.63) is 24.0 Å². The van der Waals surface area contributed by atoms with Crippen LogP contribution in [0.5, 0.6) is 0 Å². The van der Waals surface area contributed by atoms with Crippen LogP contribution in [-0.2, 0) is 6.54 Å². The maximum Gasteiger partial charge on any atom is 0.0564 e. The van der Waals surface area contributed by atoms with Crippen LogP contribution in [0.1, 0.15) is 19.5 Å². The molecule has 1 aromatic heterocycles. The molecule has 4 nitrogen and oxygen atoms in total. The number of rotatable bonds is 2. The first-order chi connectivity index (χ1) is 8.06. The Bertz CT molecular complexity index is 367. The van der Waals surface area contributed by atoms with Crippen LogP contribution in [0.3, 0.4) is 0 Å². The number of piperazine rings is 1. The Morgan fingerprint density at radius 3 is 2.59 bits per heavy atom. The molecule has 0 bridgehead atoms. The van der Waals surface area contributed by atoms with Crippen LogP contribution in [0.25, 0.3) is 0 Å². The monoisotopic (exact) mass is 234 g/mol. The molecule has 2 heterocycles. The van der Waals surface area contributed by atoms with Crippen LogP contribution in [0.15, 0.2) is 18.3 Å². The van der Waals surface area contributed by atoms with Gasteiger partial charge in [-0.05, 0) is 33.0 Å². The van der Waals surface area contributed by atoms with E-state index < -0.39 is 0 Å². The zero-order valence-corrected chi connectivity index (χ0v) is 10.9. The Hall–Kier alpha value is -1.13. The first-order valence-corrected chi connectivity index (χ1v) is 6.21. The molecule has 1 saturated heterocycles. The average molecular weight is 234 g/mol. The van der Waals surface area contributed by atoms with Crippen molar-refractivity contribution in [2.24, 2.45) is 0 Å². The minimum absolute atomic E-state index is 0.597. The molecule has 17 heavy (non-hydrogen) atoms. The van der Waals surface area contributed by atoms with E-state index in [9.17, 15) is 0 Å². The third-order valence-corrected chi connectivity index (χ3v) is 3.66. The van der Waals surface area contributed by atoms with Gasteiger partial charge in [0.05, 0.1) is 5.69 Å². The molecule has 0 amide bonds. The van der Waals surface area contributed by atoms with Gasteiger partial charge in [-0.3, -0.25) is 14.8 Å². The van der Waals surface area contributed by atoms with Crippen LogP contribution in [-0.4, -0.2) is 47.0 Å². The van der Waals surface area contributed by atoms with Gasteiger partial charge in [0.15, 0.2) is 0 Å². The van der Waals surface area contributed by atoms with E-state index in [1.807, 2.05) is 12.1 Å². The molecule has 0 spiro atoms. The quantitative estimate of drug-likeness (QED) is 0.835. The van der Waals surface area contributed by atoms with E-state index in [0.29, 0.717) is 12.1 Å². The van der Waals surface area contributed by atoms with Crippen molar-refractivity contribution in [2.75, 3.05) is 25.9 Å². The number of anilines is 1. The van der Waals surface area contributed by atoms with Crippen molar-refractivity contribution in [1.29, 1.82) is 0 Å². The van der Waals surface area contributed by atoms with E-state index in [2.05, 4.69) is 35.7 Å². The summed E-state index contributed by atoms with van der Waals surface area (Å²) in [7, 11) is 2.20. The van der Waals surface area contributed by atoms with Gasteiger partial charge < -0.3 is 5.73 Å². The zero-order valence-electron chi connectivity index (χ0n) is 10.9. The van der Waals surface area contributed by atoms with Crippen molar-refractivity contribution in [3.63, 3.8) is 0 Å². The summed E-state index contributed by atoms with van der Waals surface area (Å²) in [5.41, 5.74) is 7.63. The van der Waals surface area contributed by atoms with E-state index >= 15 is 0 Å². The third kappa shape index (κ3) is 2.96. The summed E-state index contributed by atoms with van der Waals surface area (Å²) in [5, 5.41) is 0. The molecule has 0 aromatic carbocycles. The maximum absolute atomic E-state index is 5.77. The summed E-state index contributed by atoms with van der Waals surface area (Å²) in [4.78, 5) is 9.26. The lowest BCUT2D eigenvalue weighted by Gasteiger charge is -2.42. The fraction of sp³-hybridized carbons (Fsp3) is 0.615. The van der Waals surface area contributed by atoms with E-state index in [-0.39, 0.29) is 0 Å². The van der Waals surface area contributed by atoms with Crippen molar-refractivity contribution in [1.82, 2.24) is 14.8 Å². The predicted molar refractivity (Wildman–Crippen MR) is 70.6 cm³/mol. The van der Waals surface area contributed by atoms with Gasteiger partial charge in [-0.15, -0.1) is 0 Å². The number of hydrogen-bond donors (Lipinski definition) is 1. The number of nitrogen functional groups attached to an aromatic ring is 1. The summed E-state index contributed by atoms with van der Waals surface area (Å²) in [6, 6.07) is 4.99. The summed E-state index contributed by atoms with van der Waals surface area (Å²) < 4.78 is 0. The van der Waals surface area contributed by atoms with Crippen LogP contribution in [0.2, 0.25) is 0 Å². The molecule has 94 valence electrons. The van der Waals surface area contributed by atoms with Crippen LogP contribution < -0.4 is 5.73 Å². The van der Waals surface area contributed by atoms with Gasteiger partial charge in [0.2, 0.25) is 0 Å². The molecular formula is C13H22N4. The smallest absolute Gasteiger partial charge is 0.0564 e. The van der Waals surface area contributed by atoms with Crippen LogP contribution in [0.4, 0.5) is 5.69 Å². The Morgan fingerprint density at radius 1 is 1.35 bits per heavy atom. The standard InChI is InChI=1S/C13H22N4/c1-10-7-17(8-11(2)16(10)3)9-13-6-12(14)4-5-15-13/h4-6,10-11H,7-9H2,1-3H3,(H2,14,15). The summed E-state index contributed by atoms with van der Waals surface area (Å²) >= 11 is 0. The van der Waals surface area contributed by atoms with Gasteiger partial charge in [0.1, 0.15) is 0 Å². The highest BCUT2D eigenvalue weighted by Crippen LogP contribution is 2.15. The van der Waals surface area contributed by atoms with Gasteiger partial charge in [-0.1, -0.05) is 0 Å². The van der Waals surface area contributed by atoms with Crippen molar-refractivity contribution >= 4 is 5.69 Å². The highest BCUT2D eigenvalue weighted by Gasteiger charge is 2.26. The van der Waals surface area contributed by atoms with Gasteiger partial charge in [0.25, 0.3) is 0 Å². The van der Waals surface area contributed by atoms with E-state index in [1.165, 1.54) is 0 Å². The molecule has 0 radical (unpaired) electrons. The molecule has 4 heteroatoms. The van der Waals surface area contributed by atoms with Gasteiger partial charge >= 0.3 is 0 Å². The number of nitrogens with zero attached hydrogens (tertiary/aromatic N) is 3. The SMILES string of the molecule is CC1CN(Cc2cc(N)ccn2)CC(C)N1C. The van der Waals surface area contributed by atoms with Gasteiger partial charge in [-0.25, -0.2) is 0 Å². The minimum Gasteiger partial charge on any atom is -0.399 e. The fourth-order valence-electron chi connectivity index (χ4n) is 2.46. The highest BCUT2D eigenvalue weighted by molar-refractivity contribution is 5.37. The normalized spacial score (nSPS) is 27.2. The fourth-order valence-corrected chi connectivity index (χ4v) is 2.46. The minimum atomic E-state index is 0.597. The number of aromatic nitrogens is 1. The van der Waals surface area contributed by atoms with E-state index in [1.54, 1.807) is 6.20 Å². The number of nitrogens with two attached hydrogens (primary N) is 1. The number of hydrogen-bond acceptors (Lipinski definition) is 4. The Morgan fingerprint density at radius 2 is 2.00 bits per heavy atom. The molecule has 1 aliphatic rings. The Balaban J connectivity index is 2.00. The molecule has 1 aromatic rings. The lowest BCUT2D eigenvalue weighted by Crippen LogP contribution is -2.54. The molecule has 2 atom stereocenters. The van der Waals surface area contributed by atoms with Crippen molar-refractivity contribution < 1.29 is 0 Å². The number of likely N-dealkylation sites (N-methyl/N-ethyl adjacent to an activating group) is 1. The van der Waals surface area contributed by atoms with Crippen LogP contribution >= 0.6 is 0 Å². The zero-order chi connectivity index (χ0) is 12.4. The molecule has 1 aliphatic heterocycles. The Labute approximate surface area is 103 Å². The molecule has 2 unspecified atom stereocenters. The topological polar surface area (TPSA) is 45.4 Å². The first-order valence-electron chi connectivity index (χ1n) is 6.21. The first kappa shape index (κ1) is 12.3. The second-order valence-corrected chi connectivity index (χ2v) is 5.14. The van der Waals surface area contributed by atoms with E-state index in [4.69, 9.17) is 5.73 Å². The Kier molecular flexibility index (Phi) is 3.64. The largest absolute Gasteiger partial charge is 0.399 e. The molecular weight excluding hydrogens is 212 g/mol. The van der Waals surface area contributed by atoms with Crippen LogP contribution in [0, 0.1) is 0 Å². The highest BCUT2D eigenvalue weighted by atomic mass is 15.3. The summed E-state index contributed by atoms with van der Waals surface area (Å²) in [6.07, 6.45) is 1.79. The molecule has 2 rings (SSSR count). The molecule has 0 aliphatic carbocycles. The lowest BCUT2D eigenvalue weighted by atomic mass is 10.1. The number of pyridine rings is 1. The summed E-state index contributed by atoms with van der Waals surface area (Å²) in [5.74, 6) is 0. The second kappa shape index (κ2) is 5.02. The second-order valence-electron chi connectivity index (χ2n) is 5.14. The predicted octanol–water partition coefficient (Wildman–Crippen LogP) is 1.19.